The molecule has 0 bridgehead atoms. The summed E-state index contributed by atoms with van der Waals surface area (Å²) in [5.74, 6) is -0.187. The van der Waals surface area contributed by atoms with Gasteiger partial charge in [0.05, 0.1) is 0 Å². The van der Waals surface area contributed by atoms with E-state index in [4.69, 9.17) is 4.74 Å². The Morgan fingerprint density at radius 1 is 0.971 bits per heavy atom. The molecule has 3 N–H and O–H groups in total. The summed E-state index contributed by atoms with van der Waals surface area (Å²) in [6.07, 6.45) is 4.11. The number of rotatable bonds is 9. The highest BCUT2D eigenvalue weighted by atomic mass is 16.5. The van der Waals surface area contributed by atoms with Gasteiger partial charge in [-0.3, -0.25) is 9.59 Å². The van der Waals surface area contributed by atoms with Crippen molar-refractivity contribution in [3.63, 3.8) is 0 Å². The standard InChI is InChI=1S/C28H24N4O3/c29-17-22(28(34)30-15-14-21-18-31-26-9-5-4-8-25(21)26)16-20-10-12-24(13-11-20)35-19-27(33)32-23-6-2-1-3-7-23/h1-13,16,18,31H,14-15,19H2,(H,30,34)(H,32,33)/b22-16-. The summed E-state index contributed by atoms with van der Waals surface area (Å²) in [7, 11) is 0. The summed E-state index contributed by atoms with van der Waals surface area (Å²) in [4.78, 5) is 27.7. The second-order valence-corrected chi connectivity index (χ2v) is 7.81. The van der Waals surface area contributed by atoms with Crippen molar-refractivity contribution in [2.24, 2.45) is 0 Å². The van der Waals surface area contributed by atoms with Crippen molar-refractivity contribution in [2.45, 2.75) is 6.42 Å². The highest BCUT2D eigenvalue weighted by Crippen LogP contribution is 2.18. The van der Waals surface area contributed by atoms with E-state index in [1.165, 1.54) is 6.08 Å². The molecule has 0 fully saturated rings. The van der Waals surface area contributed by atoms with E-state index in [1.54, 1.807) is 36.4 Å². The average Bonchev–Trinajstić information content (AvgIpc) is 3.30. The van der Waals surface area contributed by atoms with Gasteiger partial charge >= 0.3 is 0 Å². The summed E-state index contributed by atoms with van der Waals surface area (Å²) in [6, 6.07) is 25.9. The zero-order valence-electron chi connectivity index (χ0n) is 19.0. The largest absolute Gasteiger partial charge is 0.484 e. The third kappa shape index (κ3) is 6.36. The summed E-state index contributed by atoms with van der Waals surface area (Å²) >= 11 is 0. The van der Waals surface area contributed by atoms with E-state index in [9.17, 15) is 14.9 Å². The van der Waals surface area contributed by atoms with Crippen molar-refractivity contribution in [1.82, 2.24) is 10.3 Å². The van der Waals surface area contributed by atoms with Crippen LogP contribution in [0.5, 0.6) is 5.75 Å². The fourth-order valence-corrected chi connectivity index (χ4v) is 3.59. The quantitative estimate of drug-likeness (QED) is 0.251. The number of benzene rings is 3. The number of nitrogens with one attached hydrogen (secondary N) is 3. The first-order chi connectivity index (χ1) is 17.1. The molecule has 0 radical (unpaired) electrons. The van der Waals surface area contributed by atoms with Crippen LogP contribution in [0.3, 0.4) is 0 Å². The predicted octanol–water partition coefficient (Wildman–Crippen LogP) is 4.45. The maximum Gasteiger partial charge on any atom is 0.262 e. The molecule has 7 heteroatoms. The number of H-pyrrole nitrogens is 1. The zero-order valence-corrected chi connectivity index (χ0v) is 19.0. The number of aromatic amines is 1. The Morgan fingerprint density at radius 3 is 2.49 bits per heavy atom. The molecule has 1 heterocycles. The Balaban J connectivity index is 1.28. The Bertz CT molecular complexity index is 1380. The van der Waals surface area contributed by atoms with Gasteiger partial charge in [0.15, 0.2) is 6.61 Å². The van der Waals surface area contributed by atoms with Gasteiger partial charge in [0.25, 0.3) is 11.8 Å². The maximum absolute atomic E-state index is 12.5. The number of anilines is 1. The Morgan fingerprint density at radius 2 is 1.71 bits per heavy atom. The van der Waals surface area contributed by atoms with Crippen molar-refractivity contribution in [2.75, 3.05) is 18.5 Å². The number of nitrogens with zero attached hydrogens (tertiary/aromatic N) is 1. The van der Waals surface area contributed by atoms with E-state index < -0.39 is 5.91 Å². The fraction of sp³-hybridized carbons (Fsp3) is 0.107. The molecule has 35 heavy (non-hydrogen) atoms. The van der Waals surface area contributed by atoms with Gasteiger partial charge in [-0.15, -0.1) is 0 Å². The number of aromatic nitrogens is 1. The summed E-state index contributed by atoms with van der Waals surface area (Å²) in [6.45, 7) is 0.282. The van der Waals surface area contributed by atoms with Gasteiger partial charge in [-0.25, -0.2) is 0 Å². The Hall–Kier alpha value is -4.83. The number of ether oxygens (including phenoxy) is 1. The molecule has 0 saturated heterocycles. The molecule has 1 aromatic heterocycles. The molecular formula is C28H24N4O3. The first-order valence-corrected chi connectivity index (χ1v) is 11.1. The fourth-order valence-electron chi connectivity index (χ4n) is 3.59. The molecule has 4 rings (SSSR count). The molecule has 7 nitrogen and oxygen atoms in total. The lowest BCUT2D eigenvalue weighted by Crippen LogP contribution is -2.26. The molecule has 0 unspecified atom stereocenters. The first-order valence-electron chi connectivity index (χ1n) is 11.1. The van der Waals surface area contributed by atoms with E-state index in [0.29, 0.717) is 30.0 Å². The van der Waals surface area contributed by atoms with Crippen LogP contribution in [0, 0.1) is 11.3 Å². The number of hydrogen-bond acceptors (Lipinski definition) is 4. The number of para-hydroxylation sites is 2. The molecule has 0 atom stereocenters. The van der Waals surface area contributed by atoms with Crippen LogP contribution in [-0.2, 0) is 16.0 Å². The third-order valence-electron chi connectivity index (χ3n) is 5.34. The van der Waals surface area contributed by atoms with E-state index in [0.717, 1.165) is 16.5 Å². The van der Waals surface area contributed by atoms with Crippen LogP contribution in [0.1, 0.15) is 11.1 Å². The van der Waals surface area contributed by atoms with E-state index in [1.807, 2.05) is 54.7 Å². The number of fused-ring (bicyclic) bond motifs is 1. The van der Waals surface area contributed by atoms with Gasteiger partial charge in [0.1, 0.15) is 17.4 Å². The van der Waals surface area contributed by atoms with Gasteiger partial charge in [0, 0.05) is 29.3 Å². The summed E-state index contributed by atoms with van der Waals surface area (Å²) < 4.78 is 5.51. The minimum absolute atomic E-state index is 0.0137. The molecule has 0 aliphatic rings. The zero-order chi connectivity index (χ0) is 24.5. The van der Waals surface area contributed by atoms with Gasteiger partial charge in [-0.1, -0.05) is 48.5 Å². The minimum atomic E-state index is -0.426. The van der Waals surface area contributed by atoms with Gasteiger partial charge in [0.2, 0.25) is 0 Å². The second kappa shape index (κ2) is 11.3. The number of nitriles is 1. The van der Waals surface area contributed by atoms with Crippen molar-refractivity contribution < 1.29 is 14.3 Å². The Kier molecular flexibility index (Phi) is 7.56. The van der Waals surface area contributed by atoms with Crippen LogP contribution >= 0.6 is 0 Å². The molecule has 3 aromatic carbocycles. The lowest BCUT2D eigenvalue weighted by molar-refractivity contribution is -0.118. The minimum Gasteiger partial charge on any atom is -0.484 e. The molecule has 0 aliphatic heterocycles. The number of carbonyl (C=O) groups excluding carboxylic acids is 2. The van der Waals surface area contributed by atoms with Gasteiger partial charge in [-0.2, -0.15) is 5.26 Å². The highest BCUT2D eigenvalue weighted by Gasteiger charge is 2.10. The number of amides is 2. The summed E-state index contributed by atoms with van der Waals surface area (Å²) in [5.41, 5.74) is 3.55. The van der Waals surface area contributed by atoms with Crippen LogP contribution in [0.2, 0.25) is 0 Å². The SMILES string of the molecule is N#C/C(=C/c1ccc(OCC(=O)Nc2ccccc2)cc1)C(=O)NCCc1c[nH]c2ccccc12. The highest BCUT2D eigenvalue weighted by molar-refractivity contribution is 6.01. The monoisotopic (exact) mass is 464 g/mol. The lowest BCUT2D eigenvalue weighted by atomic mass is 10.1. The summed E-state index contributed by atoms with van der Waals surface area (Å²) in [5, 5.41) is 16.1. The normalized spacial score (nSPS) is 11.0. The molecule has 174 valence electrons. The van der Waals surface area contributed by atoms with Crippen molar-refractivity contribution in [1.29, 1.82) is 5.26 Å². The first kappa shape index (κ1) is 23.3. The smallest absolute Gasteiger partial charge is 0.262 e. The van der Waals surface area contributed by atoms with Crippen LogP contribution in [-0.4, -0.2) is 29.9 Å². The number of carbonyl (C=O) groups is 2. The van der Waals surface area contributed by atoms with Crippen molar-refractivity contribution >= 4 is 34.5 Å². The van der Waals surface area contributed by atoms with Crippen molar-refractivity contribution in [3.8, 4) is 11.8 Å². The van der Waals surface area contributed by atoms with Crippen LogP contribution in [0.25, 0.3) is 17.0 Å². The average molecular weight is 465 g/mol. The maximum atomic E-state index is 12.5. The molecule has 0 aliphatic carbocycles. The molecule has 2 amide bonds. The van der Waals surface area contributed by atoms with Crippen LogP contribution < -0.4 is 15.4 Å². The van der Waals surface area contributed by atoms with E-state index >= 15 is 0 Å². The topological polar surface area (TPSA) is 107 Å². The predicted molar refractivity (Wildman–Crippen MR) is 136 cm³/mol. The molecule has 0 saturated carbocycles. The van der Waals surface area contributed by atoms with E-state index in [2.05, 4.69) is 15.6 Å². The second-order valence-electron chi connectivity index (χ2n) is 7.81. The third-order valence-corrected chi connectivity index (χ3v) is 5.34. The molecular weight excluding hydrogens is 440 g/mol. The molecule has 0 spiro atoms. The lowest BCUT2D eigenvalue weighted by Gasteiger charge is -2.08. The van der Waals surface area contributed by atoms with E-state index in [-0.39, 0.29) is 18.1 Å². The van der Waals surface area contributed by atoms with Gasteiger partial charge in [-0.05, 0) is 54.0 Å². The van der Waals surface area contributed by atoms with Gasteiger partial charge < -0.3 is 20.4 Å². The number of hydrogen-bond donors (Lipinski definition) is 3. The molecule has 4 aromatic rings. The van der Waals surface area contributed by atoms with Crippen LogP contribution in [0.4, 0.5) is 5.69 Å². The Labute approximate surface area is 203 Å². The van der Waals surface area contributed by atoms with Crippen LogP contribution in [0.15, 0.2) is 90.6 Å². The van der Waals surface area contributed by atoms with Crippen molar-refractivity contribution in [3.05, 3.63) is 102 Å².